The Balaban J connectivity index is 1.55. The first-order valence-electron chi connectivity index (χ1n) is 6.57. The molecule has 2 heterocycles. The standard InChI is InChI=1S/C15H18N4/c1-19-9-7-13(18-19)6-8-16-10-12-11-17-15-5-3-2-4-14(12)15/h2-5,7,9,11,16-17H,6,8,10H2,1H3. The van der Waals surface area contributed by atoms with Gasteiger partial charge in [-0.05, 0) is 17.7 Å². The summed E-state index contributed by atoms with van der Waals surface area (Å²) in [6, 6.07) is 10.5. The van der Waals surface area contributed by atoms with Crippen LogP contribution in [-0.2, 0) is 20.0 Å². The van der Waals surface area contributed by atoms with E-state index in [0.717, 1.165) is 25.2 Å². The van der Waals surface area contributed by atoms with E-state index in [2.05, 4.69) is 51.9 Å². The van der Waals surface area contributed by atoms with E-state index in [9.17, 15) is 0 Å². The largest absolute Gasteiger partial charge is 0.361 e. The molecule has 3 aromatic rings. The molecule has 4 nitrogen and oxygen atoms in total. The average molecular weight is 254 g/mol. The second kappa shape index (κ2) is 5.28. The number of nitrogens with zero attached hydrogens (tertiary/aromatic N) is 2. The molecule has 0 bridgehead atoms. The van der Waals surface area contributed by atoms with Gasteiger partial charge in [0, 0.05) is 49.9 Å². The summed E-state index contributed by atoms with van der Waals surface area (Å²) in [5, 5.41) is 9.13. The molecular weight excluding hydrogens is 236 g/mol. The fourth-order valence-corrected chi connectivity index (χ4v) is 2.31. The number of hydrogen-bond donors (Lipinski definition) is 2. The van der Waals surface area contributed by atoms with Crippen LogP contribution in [0.2, 0.25) is 0 Å². The van der Waals surface area contributed by atoms with Crippen molar-refractivity contribution in [3.05, 3.63) is 54.0 Å². The Morgan fingerprint density at radius 3 is 3.00 bits per heavy atom. The third-order valence-corrected chi connectivity index (χ3v) is 3.32. The molecule has 2 N–H and O–H groups in total. The highest BCUT2D eigenvalue weighted by molar-refractivity contribution is 5.82. The first-order valence-corrected chi connectivity index (χ1v) is 6.57. The minimum absolute atomic E-state index is 0.886. The van der Waals surface area contributed by atoms with Crippen LogP contribution in [0.3, 0.4) is 0 Å². The van der Waals surface area contributed by atoms with Crippen LogP contribution in [0.15, 0.2) is 42.7 Å². The second-order valence-corrected chi connectivity index (χ2v) is 4.77. The van der Waals surface area contributed by atoms with Gasteiger partial charge in [-0.1, -0.05) is 18.2 Å². The summed E-state index contributed by atoms with van der Waals surface area (Å²) in [6.45, 7) is 1.83. The van der Waals surface area contributed by atoms with Gasteiger partial charge in [0.1, 0.15) is 0 Å². The minimum atomic E-state index is 0.886. The van der Waals surface area contributed by atoms with Gasteiger partial charge in [-0.2, -0.15) is 5.10 Å². The first-order chi connectivity index (χ1) is 9.33. The van der Waals surface area contributed by atoms with Crippen molar-refractivity contribution in [3.63, 3.8) is 0 Å². The number of rotatable bonds is 5. The Morgan fingerprint density at radius 2 is 2.16 bits per heavy atom. The van der Waals surface area contributed by atoms with Crippen LogP contribution in [0.25, 0.3) is 10.9 Å². The summed E-state index contributed by atoms with van der Waals surface area (Å²) < 4.78 is 1.84. The number of nitrogens with one attached hydrogen (secondary N) is 2. The van der Waals surface area contributed by atoms with Crippen LogP contribution in [0.5, 0.6) is 0 Å². The molecule has 0 amide bonds. The summed E-state index contributed by atoms with van der Waals surface area (Å²) in [4.78, 5) is 3.29. The summed E-state index contributed by atoms with van der Waals surface area (Å²) in [6.07, 6.45) is 5.02. The van der Waals surface area contributed by atoms with Gasteiger partial charge >= 0.3 is 0 Å². The molecule has 0 atom stereocenters. The summed E-state index contributed by atoms with van der Waals surface area (Å²) in [5.74, 6) is 0. The number of aromatic amines is 1. The summed E-state index contributed by atoms with van der Waals surface area (Å²) in [7, 11) is 1.95. The molecule has 0 saturated carbocycles. The van der Waals surface area contributed by atoms with Crippen molar-refractivity contribution in [2.24, 2.45) is 7.05 Å². The van der Waals surface area contributed by atoms with E-state index in [4.69, 9.17) is 0 Å². The molecule has 0 radical (unpaired) electrons. The van der Waals surface area contributed by atoms with Gasteiger partial charge < -0.3 is 10.3 Å². The highest BCUT2D eigenvalue weighted by Crippen LogP contribution is 2.17. The molecule has 0 aliphatic heterocycles. The van der Waals surface area contributed by atoms with Gasteiger partial charge in [-0.3, -0.25) is 4.68 Å². The zero-order chi connectivity index (χ0) is 13.1. The fraction of sp³-hybridized carbons (Fsp3) is 0.267. The minimum Gasteiger partial charge on any atom is -0.361 e. The average Bonchev–Trinajstić information content (AvgIpc) is 3.02. The maximum atomic E-state index is 4.37. The number of aryl methyl sites for hydroxylation is 1. The van der Waals surface area contributed by atoms with E-state index in [-0.39, 0.29) is 0 Å². The molecular formula is C15H18N4. The predicted molar refractivity (Wildman–Crippen MR) is 76.9 cm³/mol. The number of hydrogen-bond acceptors (Lipinski definition) is 2. The number of H-pyrrole nitrogens is 1. The zero-order valence-corrected chi connectivity index (χ0v) is 11.1. The van der Waals surface area contributed by atoms with Crippen molar-refractivity contribution in [2.75, 3.05) is 6.54 Å². The van der Waals surface area contributed by atoms with E-state index >= 15 is 0 Å². The Kier molecular flexibility index (Phi) is 3.33. The van der Waals surface area contributed by atoms with E-state index in [1.807, 2.05) is 17.9 Å². The lowest BCUT2D eigenvalue weighted by atomic mass is 10.2. The second-order valence-electron chi connectivity index (χ2n) is 4.77. The number of fused-ring (bicyclic) bond motifs is 1. The van der Waals surface area contributed by atoms with Gasteiger partial charge in [0.05, 0.1) is 5.69 Å². The van der Waals surface area contributed by atoms with Crippen molar-refractivity contribution < 1.29 is 0 Å². The van der Waals surface area contributed by atoms with Crippen LogP contribution in [-0.4, -0.2) is 21.3 Å². The molecule has 0 aliphatic rings. The lowest BCUT2D eigenvalue weighted by Gasteiger charge is -2.02. The fourth-order valence-electron chi connectivity index (χ4n) is 2.31. The molecule has 0 unspecified atom stereocenters. The van der Waals surface area contributed by atoms with Crippen molar-refractivity contribution in [2.45, 2.75) is 13.0 Å². The Morgan fingerprint density at radius 1 is 1.26 bits per heavy atom. The molecule has 2 aromatic heterocycles. The SMILES string of the molecule is Cn1ccc(CCNCc2c[nH]c3ccccc23)n1. The molecule has 4 heteroatoms. The summed E-state index contributed by atoms with van der Waals surface area (Å²) in [5.41, 5.74) is 3.65. The molecule has 1 aromatic carbocycles. The topological polar surface area (TPSA) is 45.6 Å². The van der Waals surface area contributed by atoms with Crippen LogP contribution in [0, 0.1) is 0 Å². The van der Waals surface area contributed by atoms with Crippen LogP contribution in [0.4, 0.5) is 0 Å². The van der Waals surface area contributed by atoms with Crippen molar-refractivity contribution in [1.29, 1.82) is 0 Å². The first kappa shape index (κ1) is 12.0. The summed E-state index contributed by atoms with van der Waals surface area (Å²) >= 11 is 0. The van der Waals surface area contributed by atoms with Gasteiger partial charge in [0.25, 0.3) is 0 Å². The quantitative estimate of drug-likeness (QED) is 0.686. The molecule has 0 spiro atoms. The molecule has 3 rings (SSSR count). The lowest BCUT2D eigenvalue weighted by Crippen LogP contribution is -2.16. The normalized spacial score (nSPS) is 11.2. The maximum absolute atomic E-state index is 4.37. The van der Waals surface area contributed by atoms with Crippen LogP contribution in [0.1, 0.15) is 11.3 Å². The molecule has 0 saturated heterocycles. The van der Waals surface area contributed by atoms with Gasteiger partial charge in [-0.25, -0.2) is 0 Å². The van der Waals surface area contributed by atoms with E-state index in [0.29, 0.717) is 0 Å². The Bertz CT molecular complexity index is 665. The molecule has 98 valence electrons. The van der Waals surface area contributed by atoms with Gasteiger partial charge in [-0.15, -0.1) is 0 Å². The molecule has 0 aliphatic carbocycles. The highest BCUT2D eigenvalue weighted by atomic mass is 15.2. The number of benzene rings is 1. The number of aromatic nitrogens is 3. The third-order valence-electron chi connectivity index (χ3n) is 3.32. The van der Waals surface area contributed by atoms with E-state index in [1.54, 1.807) is 0 Å². The van der Waals surface area contributed by atoms with Crippen LogP contribution >= 0.6 is 0 Å². The Labute approximate surface area is 112 Å². The van der Waals surface area contributed by atoms with Crippen molar-refractivity contribution >= 4 is 10.9 Å². The van der Waals surface area contributed by atoms with E-state index in [1.165, 1.54) is 16.5 Å². The Hall–Kier alpha value is -2.07. The smallest absolute Gasteiger partial charge is 0.0637 e. The van der Waals surface area contributed by atoms with Gasteiger partial charge in [0.15, 0.2) is 0 Å². The van der Waals surface area contributed by atoms with Crippen molar-refractivity contribution in [1.82, 2.24) is 20.1 Å². The maximum Gasteiger partial charge on any atom is 0.0637 e. The van der Waals surface area contributed by atoms with Crippen molar-refractivity contribution in [3.8, 4) is 0 Å². The monoisotopic (exact) mass is 254 g/mol. The van der Waals surface area contributed by atoms with Crippen LogP contribution < -0.4 is 5.32 Å². The predicted octanol–water partition coefficient (Wildman–Crippen LogP) is 2.23. The molecule has 19 heavy (non-hydrogen) atoms. The zero-order valence-electron chi connectivity index (χ0n) is 11.1. The highest BCUT2D eigenvalue weighted by Gasteiger charge is 2.02. The lowest BCUT2D eigenvalue weighted by molar-refractivity contribution is 0.667. The number of para-hydroxylation sites is 1. The van der Waals surface area contributed by atoms with Gasteiger partial charge in [0.2, 0.25) is 0 Å². The van der Waals surface area contributed by atoms with E-state index < -0.39 is 0 Å². The molecule has 0 fully saturated rings. The third kappa shape index (κ3) is 2.69.